The Balaban J connectivity index is 1.67. The van der Waals surface area contributed by atoms with Crippen LogP contribution in [0.3, 0.4) is 0 Å². The fourth-order valence-corrected chi connectivity index (χ4v) is 5.26. The topological polar surface area (TPSA) is 102 Å². The number of nitrogens with zero attached hydrogens (tertiary/aromatic N) is 1. The van der Waals surface area contributed by atoms with Crippen LogP contribution in [-0.2, 0) is 9.84 Å². The molecule has 0 amide bonds. The van der Waals surface area contributed by atoms with E-state index in [0.717, 1.165) is 5.56 Å². The van der Waals surface area contributed by atoms with E-state index in [1.165, 1.54) is 12.8 Å². The van der Waals surface area contributed by atoms with Crippen LogP contribution in [0, 0.1) is 5.92 Å². The highest BCUT2D eigenvalue weighted by Crippen LogP contribution is 2.49. The molecule has 2 aromatic rings. The van der Waals surface area contributed by atoms with Crippen molar-refractivity contribution in [2.75, 3.05) is 5.75 Å². The highest BCUT2D eigenvalue weighted by molar-refractivity contribution is 7.91. The number of nitrogens with two attached hydrogens (primary N) is 1. The average Bonchev–Trinajstić information content (AvgIpc) is 3.47. The van der Waals surface area contributed by atoms with E-state index < -0.39 is 9.84 Å². The summed E-state index contributed by atoms with van der Waals surface area (Å²) in [6.45, 7) is 0. The third-order valence-corrected chi connectivity index (χ3v) is 6.88. The minimum absolute atomic E-state index is 0.0178. The van der Waals surface area contributed by atoms with E-state index in [0.29, 0.717) is 40.2 Å². The van der Waals surface area contributed by atoms with Crippen molar-refractivity contribution in [2.24, 2.45) is 16.8 Å². The van der Waals surface area contributed by atoms with Crippen LogP contribution in [0.25, 0.3) is 0 Å². The van der Waals surface area contributed by atoms with Gasteiger partial charge in [-0.25, -0.2) is 8.42 Å². The Morgan fingerprint density at radius 2 is 1.88 bits per heavy atom. The third kappa shape index (κ3) is 3.14. The molecule has 0 saturated heterocycles. The van der Waals surface area contributed by atoms with Gasteiger partial charge in [0.15, 0.2) is 15.7 Å². The lowest BCUT2D eigenvalue weighted by Gasteiger charge is -2.25. The molecule has 6 nitrogen and oxygen atoms in total. The summed E-state index contributed by atoms with van der Waals surface area (Å²) in [5.74, 6) is 2.08. The second-order valence-electron chi connectivity index (χ2n) is 6.87. The van der Waals surface area contributed by atoms with Crippen molar-refractivity contribution < 1.29 is 18.4 Å². The second-order valence-corrected chi connectivity index (χ2v) is 8.94. The molecule has 2 aromatic carbocycles. The second kappa shape index (κ2) is 6.32. The lowest BCUT2D eigenvalue weighted by atomic mass is 9.91. The summed E-state index contributed by atoms with van der Waals surface area (Å²) in [6.07, 6.45) is 3.08. The van der Waals surface area contributed by atoms with Crippen LogP contribution in [0.15, 0.2) is 52.5 Å². The Morgan fingerprint density at radius 1 is 1.12 bits per heavy atom. The van der Waals surface area contributed by atoms with E-state index in [4.69, 9.17) is 15.7 Å². The fraction of sp³-hybridized carbons (Fsp3) is 0.316. The number of amidine groups is 1. The molecule has 0 aromatic heterocycles. The molecule has 1 atom stereocenters. The first-order chi connectivity index (χ1) is 12.5. The fourth-order valence-electron chi connectivity index (χ4n) is 3.60. The highest BCUT2D eigenvalue weighted by Gasteiger charge is 2.39. The summed E-state index contributed by atoms with van der Waals surface area (Å²) in [7, 11) is -3.27. The Hall–Kier alpha value is -2.54. The van der Waals surface area contributed by atoms with Gasteiger partial charge >= 0.3 is 0 Å². The van der Waals surface area contributed by atoms with Gasteiger partial charge in [0.25, 0.3) is 0 Å². The zero-order valence-corrected chi connectivity index (χ0v) is 14.9. The first-order valence-electron chi connectivity index (χ1n) is 8.60. The van der Waals surface area contributed by atoms with Gasteiger partial charge < -0.3 is 15.7 Å². The van der Waals surface area contributed by atoms with Gasteiger partial charge in [-0.2, -0.15) is 0 Å². The smallest absolute Gasteiger partial charge is 0.178 e. The van der Waals surface area contributed by atoms with Gasteiger partial charge in [0.05, 0.1) is 10.6 Å². The summed E-state index contributed by atoms with van der Waals surface area (Å²) in [4.78, 5) is 0.394. The number of rotatable bonds is 4. The van der Waals surface area contributed by atoms with Crippen molar-refractivity contribution in [3.05, 3.63) is 53.6 Å². The van der Waals surface area contributed by atoms with Crippen LogP contribution in [0.2, 0.25) is 0 Å². The van der Waals surface area contributed by atoms with E-state index >= 15 is 0 Å². The van der Waals surface area contributed by atoms with Crippen LogP contribution >= 0.6 is 0 Å². The zero-order chi connectivity index (χ0) is 18.3. The summed E-state index contributed by atoms with van der Waals surface area (Å²) < 4.78 is 30.9. The van der Waals surface area contributed by atoms with Crippen LogP contribution < -0.4 is 10.5 Å². The molecule has 1 fully saturated rings. The molecule has 2 aliphatic rings. The summed E-state index contributed by atoms with van der Waals surface area (Å²) in [5.41, 5.74) is 7.04. The Kier molecular flexibility index (Phi) is 4.11. The van der Waals surface area contributed by atoms with Crippen molar-refractivity contribution in [2.45, 2.75) is 30.1 Å². The summed E-state index contributed by atoms with van der Waals surface area (Å²) in [6, 6.07) is 12.1. The van der Waals surface area contributed by atoms with Crippen molar-refractivity contribution in [3.63, 3.8) is 0 Å². The number of fused-ring (bicyclic) bond motifs is 1. The molecule has 1 unspecified atom stereocenters. The van der Waals surface area contributed by atoms with Crippen LogP contribution in [0.4, 0.5) is 0 Å². The molecule has 26 heavy (non-hydrogen) atoms. The van der Waals surface area contributed by atoms with Crippen LogP contribution in [0.5, 0.6) is 11.5 Å². The predicted octanol–water partition coefficient (Wildman–Crippen LogP) is 3.24. The van der Waals surface area contributed by atoms with Gasteiger partial charge in [-0.05, 0) is 60.9 Å². The predicted molar refractivity (Wildman–Crippen MR) is 97.6 cm³/mol. The maximum Gasteiger partial charge on any atom is 0.178 e. The molecule has 136 valence electrons. The summed E-state index contributed by atoms with van der Waals surface area (Å²) in [5, 5.41) is 11.8. The standard InChI is InChI=1S/C19H20N2O4S/c20-19(21-22)13-2-1-3-14(10-13)25-15-6-7-17-16(12-4-5-12)8-9-26(23,24)18(17)11-15/h1-3,6-7,10-12,16,22H,4-5,8-9H2,(H2,20,21). The van der Waals surface area contributed by atoms with Crippen molar-refractivity contribution in [3.8, 4) is 11.5 Å². The van der Waals surface area contributed by atoms with Crippen molar-refractivity contribution >= 4 is 15.7 Å². The molecule has 0 bridgehead atoms. The van der Waals surface area contributed by atoms with Gasteiger partial charge in [0, 0.05) is 5.56 Å². The van der Waals surface area contributed by atoms with Gasteiger partial charge in [0.1, 0.15) is 11.5 Å². The largest absolute Gasteiger partial charge is 0.457 e. The first kappa shape index (κ1) is 16.9. The monoisotopic (exact) mass is 372 g/mol. The Bertz CT molecular complexity index is 981. The lowest BCUT2D eigenvalue weighted by Crippen LogP contribution is -2.21. The molecule has 1 saturated carbocycles. The molecular formula is C19H20N2O4S. The minimum atomic E-state index is -3.27. The maximum atomic E-state index is 12.5. The molecule has 3 N–H and O–H groups in total. The molecule has 0 spiro atoms. The minimum Gasteiger partial charge on any atom is -0.457 e. The molecule has 4 rings (SSSR count). The van der Waals surface area contributed by atoms with E-state index in [9.17, 15) is 8.42 Å². The van der Waals surface area contributed by atoms with Crippen LogP contribution in [-0.4, -0.2) is 25.2 Å². The maximum absolute atomic E-state index is 12.5. The van der Waals surface area contributed by atoms with E-state index in [-0.39, 0.29) is 11.6 Å². The first-order valence-corrected chi connectivity index (χ1v) is 10.3. The molecule has 1 aliphatic heterocycles. The number of benzene rings is 2. The van der Waals surface area contributed by atoms with Gasteiger partial charge in [-0.15, -0.1) is 0 Å². The number of hydrogen-bond acceptors (Lipinski definition) is 5. The molecule has 1 aliphatic carbocycles. The molecular weight excluding hydrogens is 352 g/mol. The number of oxime groups is 1. The molecule has 7 heteroatoms. The van der Waals surface area contributed by atoms with E-state index in [1.807, 2.05) is 12.1 Å². The summed E-state index contributed by atoms with van der Waals surface area (Å²) >= 11 is 0. The van der Waals surface area contributed by atoms with Crippen molar-refractivity contribution in [1.82, 2.24) is 0 Å². The van der Waals surface area contributed by atoms with Crippen molar-refractivity contribution in [1.29, 1.82) is 0 Å². The highest BCUT2D eigenvalue weighted by atomic mass is 32.2. The third-order valence-electron chi connectivity index (χ3n) is 5.08. The van der Waals surface area contributed by atoms with Gasteiger partial charge in [0.2, 0.25) is 0 Å². The lowest BCUT2D eigenvalue weighted by molar-refractivity contribution is 0.318. The van der Waals surface area contributed by atoms with Gasteiger partial charge in [-0.1, -0.05) is 23.4 Å². The SMILES string of the molecule is N/C(=N/O)c1cccc(Oc2ccc3c(c2)S(=O)(=O)CCC3C2CC2)c1. The van der Waals surface area contributed by atoms with Crippen LogP contribution in [0.1, 0.15) is 36.3 Å². The Labute approximate surface area is 152 Å². The van der Waals surface area contributed by atoms with E-state index in [1.54, 1.807) is 30.3 Å². The zero-order valence-electron chi connectivity index (χ0n) is 14.1. The average molecular weight is 372 g/mol. The van der Waals surface area contributed by atoms with E-state index in [2.05, 4.69) is 5.16 Å². The quantitative estimate of drug-likeness (QED) is 0.371. The van der Waals surface area contributed by atoms with Gasteiger partial charge in [-0.3, -0.25) is 0 Å². The normalized spacial score (nSPS) is 21.8. The number of hydrogen-bond donors (Lipinski definition) is 2. The molecule has 0 radical (unpaired) electrons. The number of sulfone groups is 1. The Morgan fingerprint density at radius 3 is 2.62 bits per heavy atom. The molecule has 1 heterocycles. The number of ether oxygens (including phenoxy) is 1.